The first kappa shape index (κ1) is 20.7. The number of hydrogen-bond acceptors (Lipinski definition) is 5. The minimum atomic E-state index is -0.454. The van der Waals surface area contributed by atoms with Crippen LogP contribution in [0.5, 0.6) is 5.75 Å². The van der Waals surface area contributed by atoms with E-state index in [0.717, 1.165) is 11.1 Å². The lowest BCUT2D eigenvalue weighted by Crippen LogP contribution is -2.08. The van der Waals surface area contributed by atoms with E-state index in [0.29, 0.717) is 22.4 Å². The van der Waals surface area contributed by atoms with Crippen LogP contribution < -0.4 is 4.74 Å². The largest absolute Gasteiger partial charge is 0.465 e. The molecule has 30 heavy (non-hydrogen) atoms. The van der Waals surface area contributed by atoms with E-state index in [1.807, 2.05) is 19.1 Å². The molecule has 0 aliphatic heterocycles. The van der Waals surface area contributed by atoms with Crippen LogP contribution in [0.1, 0.15) is 42.2 Å². The minimum absolute atomic E-state index is 0.191. The normalized spacial score (nSPS) is 10.6. The fraction of sp³-hybridized carbons (Fsp3) is 0.0800. The van der Waals surface area contributed by atoms with E-state index in [1.54, 1.807) is 66.7 Å². The van der Waals surface area contributed by atoms with E-state index in [2.05, 4.69) is 4.74 Å². The SMILES string of the molecule is COC(=O)c1ccc(C=CC(=O)c2ccc(OC(=O)c3ccc(C)cc3)cc2)cc1. The molecule has 0 saturated heterocycles. The first-order valence-corrected chi connectivity index (χ1v) is 9.26. The molecule has 0 aliphatic rings. The lowest BCUT2D eigenvalue weighted by Gasteiger charge is -2.05. The summed E-state index contributed by atoms with van der Waals surface area (Å²) in [6.07, 6.45) is 3.11. The summed E-state index contributed by atoms with van der Waals surface area (Å²) in [7, 11) is 1.32. The Morgan fingerprint density at radius 2 is 1.23 bits per heavy atom. The Bertz CT molecular complexity index is 1080. The van der Waals surface area contributed by atoms with Gasteiger partial charge < -0.3 is 9.47 Å². The molecule has 0 atom stereocenters. The smallest absolute Gasteiger partial charge is 0.343 e. The van der Waals surface area contributed by atoms with Gasteiger partial charge in [-0.2, -0.15) is 0 Å². The maximum atomic E-state index is 12.4. The summed E-state index contributed by atoms with van der Waals surface area (Å²) in [5.41, 5.74) is 3.20. The van der Waals surface area contributed by atoms with Gasteiger partial charge in [0, 0.05) is 5.56 Å². The number of ketones is 1. The fourth-order valence-electron chi connectivity index (χ4n) is 2.66. The summed E-state index contributed by atoms with van der Waals surface area (Å²) < 4.78 is 9.99. The molecule has 3 rings (SSSR count). The highest BCUT2D eigenvalue weighted by Crippen LogP contribution is 2.16. The van der Waals surface area contributed by atoms with Crippen LogP contribution in [-0.4, -0.2) is 24.8 Å². The van der Waals surface area contributed by atoms with Gasteiger partial charge in [-0.05, 0) is 67.1 Å². The van der Waals surface area contributed by atoms with Gasteiger partial charge in [0.05, 0.1) is 18.2 Å². The topological polar surface area (TPSA) is 69.7 Å². The molecule has 0 spiro atoms. The zero-order valence-electron chi connectivity index (χ0n) is 16.6. The van der Waals surface area contributed by atoms with Gasteiger partial charge in [-0.25, -0.2) is 9.59 Å². The molecule has 0 fully saturated rings. The van der Waals surface area contributed by atoms with E-state index in [1.165, 1.54) is 13.2 Å². The summed E-state index contributed by atoms with van der Waals surface area (Å²) in [6, 6.07) is 20.2. The molecule has 150 valence electrons. The van der Waals surface area contributed by atoms with Crippen LogP contribution in [0.25, 0.3) is 6.08 Å². The van der Waals surface area contributed by atoms with Crippen molar-refractivity contribution >= 4 is 23.8 Å². The number of rotatable bonds is 6. The van der Waals surface area contributed by atoms with Crippen LogP contribution in [0.2, 0.25) is 0 Å². The van der Waals surface area contributed by atoms with Crippen molar-refractivity contribution < 1.29 is 23.9 Å². The summed E-state index contributed by atoms with van der Waals surface area (Å²) in [6.45, 7) is 1.94. The van der Waals surface area contributed by atoms with E-state index in [4.69, 9.17) is 4.74 Å². The van der Waals surface area contributed by atoms with E-state index in [9.17, 15) is 14.4 Å². The second-order valence-corrected chi connectivity index (χ2v) is 6.59. The molecule has 3 aromatic rings. The van der Waals surface area contributed by atoms with Crippen LogP contribution >= 0.6 is 0 Å². The standard InChI is InChI=1S/C25H20O5/c1-17-3-8-21(9-4-17)25(28)30-22-14-12-19(13-15-22)23(26)16-7-18-5-10-20(11-6-18)24(27)29-2/h3-16H,1-2H3. The first-order chi connectivity index (χ1) is 14.5. The number of allylic oxidation sites excluding steroid dienone is 1. The molecule has 0 saturated carbocycles. The van der Waals surface area contributed by atoms with Gasteiger partial charge in [-0.1, -0.05) is 35.9 Å². The molecule has 0 heterocycles. The van der Waals surface area contributed by atoms with Crippen molar-refractivity contribution in [3.05, 3.63) is 107 Å². The van der Waals surface area contributed by atoms with Crippen LogP contribution in [0.15, 0.2) is 78.9 Å². The molecular weight excluding hydrogens is 380 g/mol. The third-order valence-corrected chi connectivity index (χ3v) is 4.40. The van der Waals surface area contributed by atoms with Crippen LogP contribution in [-0.2, 0) is 4.74 Å². The monoisotopic (exact) mass is 400 g/mol. The number of aryl methyl sites for hydroxylation is 1. The molecule has 0 radical (unpaired) electrons. The van der Waals surface area contributed by atoms with Gasteiger partial charge in [0.2, 0.25) is 0 Å². The third kappa shape index (κ3) is 5.29. The van der Waals surface area contributed by atoms with Crippen molar-refractivity contribution in [3.8, 4) is 5.75 Å². The molecule has 5 heteroatoms. The summed E-state index contributed by atoms with van der Waals surface area (Å²) in [4.78, 5) is 36.0. The first-order valence-electron chi connectivity index (χ1n) is 9.26. The van der Waals surface area contributed by atoms with Crippen LogP contribution in [0, 0.1) is 6.92 Å². The highest BCUT2D eigenvalue weighted by molar-refractivity contribution is 6.07. The molecule has 0 aliphatic carbocycles. The average Bonchev–Trinajstić information content (AvgIpc) is 2.78. The molecule has 0 amide bonds. The predicted molar refractivity (Wildman–Crippen MR) is 114 cm³/mol. The average molecular weight is 400 g/mol. The Morgan fingerprint density at radius 1 is 0.700 bits per heavy atom. The van der Waals surface area contributed by atoms with Gasteiger partial charge in [-0.3, -0.25) is 4.79 Å². The number of esters is 2. The van der Waals surface area contributed by atoms with Crippen molar-refractivity contribution in [3.63, 3.8) is 0 Å². The van der Waals surface area contributed by atoms with Crippen molar-refractivity contribution in [1.82, 2.24) is 0 Å². The number of carbonyl (C=O) groups is 3. The maximum Gasteiger partial charge on any atom is 0.343 e. The molecular formula is C25H20O5. The Balaban J connectivity index is 1.61. The number of methoxy groups -OCH3 is 1. The van der Waals surface area contributed by atoms with Crippen molar-refractivity contribution in [2.24, 2.45) is 0 Å². The van der Waals surface area contributed by atoms with Gasteiger partial charge in [-0.15, -0.1) is 0 Å². The van der Waals surface area contributed by atoms with Crippen molar-refractivity contribution in [1.29, 1.82) is 0 Å². The third-order valence-electron chi connectivity index (χ3n) is 4.40. The van der Waals surface area contributed by atoms with Crippen molar-refractivity contribution in [2.75, 3.05) is 7.11 Å². The molecule has 0 unspecified atom stereocenters. The fourth-order valence-corrected chi connectivity index (χ4v) is 2.66. The quantitative estimate of drug-likeness (QED) is 0.255. The van der Waals surface area contributed by atoms with Gasteiger partial charge >= 0.3 is 11.9 Å². The molecule has 0 aromatic heterocycles. The van der Waals surface area contributed by atoms with E-state index >= 15 is 0 Å². The van der Waals surface area contributed by atoms with E-state index < -0.39 is 11.9 Å². The Hall–Kier alpha value is -3.99. The van der Waals surface area contributed by atoms with E-state index in [-0.39, 0.29) is 5.78 Å². The lowest BCUT2D eigenvalue weighted by molar-refractivity contribution is 0.0600. The zero-order valence-corrected chi connectivity index (χ0v) is 16.6. The highest BCUT2D eigenvalue weighted by Gasteiger charge is 2.09. The number of hydrogen-bond donors (Lipinski definition) is 0. The Morgan fingerprint density at radius 3 is 1.83 bits per heavy atom. The minimum Gasteiger partial charge on any atom is -0.465 e. The van der Waals surface area contributed by atoms with Crippen LogP contribution in [0.4, 0.5) is 0 Å². The summed E-state index contributed by atoms with van der Waals surface area (Å²) in [5, 5.41) is 0. The highest BCUT2D eigenvalue weighted by atomic mass is 16.5. The summed E-state index contributed by atoms with van der Waals surface area (Å²) >= 11 is 0. The summed E-state index contributed by atoms with van der Waals surface area (Å²) in [5.74, 6) is -0.697. The second-order valence-electron chi connectivity index (χ2n) is 6.59. The van der Waals surface area contributed by atoms with Crippen LogP contribution in [0.3, 0.4) is 0 Å². The maximum absolute atomic E-state index is 12.4. The zero-order chi connectivity index (χ0) is 21.5. The molecule has 3 aromatic carbocycles. The number of carbonyl (C=O) groups excluding carboxylic acids is 3. The van der Waals surface area contributed by atoms with Gasteiger partial charge in [0.25, 0.3) is 0 Å². The predicted octanol–water partition coefficient (Wildman–Crippen LogP) is 4.90. The second kappa shape index (κ2) is 9.47. The van der Waals surface area contributed by atoms with Crippen molar-refractivity contribution in [2.45, 2.75) is 6.92 Å². The number of ether oxygens (including phenoxy) is 2. The van der Waals surface area contributed by atoms with Gasteiger partial charge in [0.1, 0.15) is 5.75 Å². The lowest BCUT2D eigenvalue weighted by atomic mass is 10.1. The Kier molecular flexibility index (Phi) is 6.55. The molecule has 0 bridgehead atoms. The number of benzene rings is 3. The Labute approximate surface area is 174 Å². The molecule has 5 nitrogen and oxygen atoms in total. The molecule has 0 N–H and O–H groups in total. The van der Waals surface area contributed by atoms with Gasteiger partial charge in [0.15, 0.2) is 5.78 Å².